The molecule has 1 aromatic heterocycles. The second-order valence-corrected chi connectivity index (χ2v) is 7.99. The molecule has 164 valence electrons. The Bertz CT molecular complexity index is 1190. The zero-order valence-corrected chi connectivity index (χ0v) is 17.5. The van der Waals surface area contributed by atoms with Gasteiger partial charge in [-0.15, -0.1) is 0 Å². The van der Waals surface area contributed by atoms with E-state index in [0.29, 0.717) is 44.4 Å². The van der Waals surface area contributed by atoms with Gasteiger partial charge in [0.05, 0.1) is 25.7 Å². The molecule has 2 aromatic carbocycles. The number of hydrogen-bond acceptors (Lipinski definition) is 5. The quantitative estimate of drug-likeness (QED) is 0.683. The number of hydrogen-bond donors (Lipinski definition) is 1. The molecular formula is C24H23FN4O3. The lowest BCUT2D eigenvalue weighted by Gasteiger charge is -2.28. The van der Waals surface area contributed by atoms with Gasteiger partial charge in [0.1, 0.15) is 17.5 Å². The minimum absolute atomic E-state index is 0.0422. The van der Waals surface area contributed by atoms with E-state index in [1.54, 1.807) is 17.0 Å². The molecule has 1 saturated heterocycles. The molecule has 0 aliphatic carbocycles. The van der Waals surface area contributed by atoms with Crippen molar-refractivity contribution in [2.45, 2.75) is 18.9 Å². The summed E-state index contributed by atoms with van der Waals surface area (Å²) in [5.41, 5.74) is 2.46. The molecule has 2 aliphatic heterocycles. The number of nitrogens with zero attached hydrogens (tertiary/aromatic N) is 3. The molecule has 0 saturated carbocycles. The van der Waals surface area contributed by atoms with Gasteiger partial charge in [0.15, 0.2) is 0 Å². The van der Waals surface area contributed by atoms with Crippen molar-refractivity contribution in [3.05, 3.63) is 87.7 Å². The highest BCUT2D eigenvalue weighted by atomic mass is 19.1. The summed E-state index contributed by atoms with van der Waals surface area (Å²) in [4.78, 5) is 36.7. The van der Waals surface area contributed by atoms with Crippen molar-refractivity contribution in [3.63, 3.8) is 0 Å². The third kappa shape index (κ3) is 4.01. The Balaban J connectivity index is 1.45. The number of benzene rings is 2. The van der Waals surface area contributed by atoms with Gasteiger partial charge in [0.25, 0.3) is 5.56 Å². The van der Waals surface area contributed by atoms with E-state index >= 15 is 0 Å². The maximum absolute atomic E-state index is 13.5. The number of ether oxygens (including phenoxy) is 1. The first kappa shape index (κ1) is 20.4. The van der Waals surface area contributed by atoms with E-state index in [4.69, 9.17) is 4.74 Å². The fraction of sp³-hybridized carbons (Fsp3) is 0.292. The molecule has 1 N–H and O–H groups in total. The number of halogens is 1. The number of nitrogens with one attached hydrogen (secondary N) is 1. The highest BCUT2D eigenvalue weighted by Gasteiger charge is 2.34. The average Bonchev–Trinajstić information content (AvgIpc) is 3.19. The SMILES string of the molecule is O=C(Cc1nc(N2CCOCC2)cc(=O)[nH]1)N1c2ccccc2C[C@H]1c1ccc(F)cc1. The van der Waals surface area contributed by atoms with Crippen LogP contribution in [-0.2, 0) is 22.4 Å². The normalized spacial score (nSPS) is 18.0. The summed E-state index contributed by atoms with van der Waals surface area (Å²) in [6.45, 7) is 2.45. The number of carbonyl (C=O) groups is 1. The van der Waals surface area contributed by atoms with E-state index in [1.165, 1.54) is 18.2 Å². The number of morpholine rings is 1. The second-order valence-electron chi connectivity index (χ2n) is 7.99. The fourth-order valence-electron chi connectivity index (χ4n) is 4.41. The van der Waals surface area contributed by atoms with Crippen molar-refractivity contribution in [1.29, 1.82) is 0 Å². The number of para-hydroxylation sites is 1. The number of aromatic amines is 1. The lowest BCUT2D eigenvalue weighted by Crippen LogP contribution is -2.38. The molecule has 0 unspecified atom stereocenters. The first-order valence-corrected chi connectivity index (χ1v) is 10.7. The van der Waals surface area contributed by atoms with Gasteiger partial charge in [-0.05, 0) is 35.7 Å². The maximum atomic E-state index is 13.5. The van der Waals surface area contributed by atoms with E-state index in [2.05, 4.69) is 9.97 Å². The van der Waals surface area contributed by atoms with Crippen molar-refractivity contribution in [1.82, 2.24) is 9.97 Å². The van der Waals surface area contributed by atoms with Gasteiger partial charge < -0.3 is 19.5 Å². The van der Waals surface area contributed by atoms with E-state index in [-0.39, 0.29) is 29.7 Å². The molecule has 8 heteroatoms. The van der Waals surface area contributed by atoms with Gasteiger partial charge in [-0.25, -0.2) is 9.37 Å². The molecule has 1 amide bonds. The Morgan fingerprint density at radius 3 is 2.66 bits per heavy atom. The summed E-state index contributed by atoms with van der Waals surface area (Å²) < 4.78 is 18.8. The van der Waals surface area contributed by atoms with Crippen LogP contribution in [0.4, 0.5) is 15.9 Å². The van der Waals surface area contributed by atoms with Crippen molar-refractivity contribution in [2.75, 3.05) is 36.1 Å². The van der Waals surface area contributed by atoms with Crippen LogP contribution in [0.25, 0.3) is 0 Å². The first-order chi connectivity index (χ1) is 15.6. The van der Waals surface area contributed by atoms with Crippen LogP contribution in [0.15, 0.2) is 59.4 Å². The Morgan fingerprint density at radius 1 is 1.12 bits per heavy atom. The molecule has 2 aliphatic rings. The fourth-order valence-corrected chi connectivity index (χ4v) is 4.41. The predicted molar refractivity (Wildman–Crippen MR) is 118 cm³/mol. The zero-order valence-electron chi connectivity index (χ0n) is 17.5. The van der Waals surface area contributed by atoms with Gasteiger partial charge in [-0.3, -0.25) is 9.59 Å². The number of anilines is 2. The van der Waals surface area contributed by atoms with Crippen molar-refractivity contribution in [2.24, 2.45) is 0 Å². The van der Waals surface area contributed by atoms with Crippen LogP contribution in [0.2, 0.25) is 0 Å². The molecule has 7 nitrogen and oxygen atoms in total. The lowest BCUT2D eigenvalue weighted by molar-refractivity contribution is -0.118. The van der Waals surface area contributed by atoms with Crippen LogP contribution < -0.4 is 15.4 Å². The van der Waals surface area contributed by atoms with Gasteiger partial charge >= 0.3 is 0 Å². The van der Waals surface area contributed by atoms with E-state index in [0.717, 1.165) is 16.8 Å². The molecule has 1 fully saturated rings. The molecule has 0 spiro atoms. The minimum atomic E-state index is -0.316. The number of rotatable bonds is 4. The molecule has 0 radical (unpaired) electrons. The Labute approximate surface area is 184 Å². The number of amides is 1. The number of H-pyrrole nitrogens is 1. The summed E-state index contributed by atoms with van der Waals surface area (Å²) in [5, 5.41) is 0. The summed E-state index contributed by atoms with van der Waals surface area (Å²) in [7, 11) is 0. The van der Waals surface area contributed by atoms with E-state index in [1.807, 2.05) is 29.2 Å². The van der Waals surface area contributed by atoms with E-state index in [9.17, 15) is 14.0 Å². The van der Waals surface area contributed by atoms with E-state index < -0.39 is 0 Å². The smallest absolute Gasteiger partial charge is 0.252 e. The molecule has 3 heterocycles. The highest BCUT2D eigenvalue weighted by molar-refractivity contribution is 5.97. The van der Waals surface area contributed by atoms with Crippen LogP contribution in [0.3, 0.4) is 0 Å². The zero-order chi connectivity index (χ0) is 22.1. The molecule has 0 bridgehead atoms. The van der Waals surface area contributed by atoms with Crippen LogP contribution >= 0.6 is 0 Å². The highest BCUT2D eigenvalue weighted by Crippen LogP contribution is 2.40. The first-order valence-electron chi connectivity index (χ1n) is 10.7. The van der Waals surface area contributed by atoms with Crippen LogP contribution in [0.1, 0.15) is 23.0 Å². The summed E-state index contributed by atoms with van der Waals surface area (Å²) in [6, 6.07) is 15.2. The standard InChI is InChI=1S/C24H23FN4O3/c25-18-7-5-16(6-8-18)20-13-17-3-1-2-4-19(17)29(20)24(31)14-21-26-22(15-23(30)27-21)28-9-11-32-12-10-28/h1-8,15,20H,9-14H2,(H,26,27,30)/t20-/m0/s1. The molecule has 3 aromatic rings. The average molecular weight is 434 g/mol. The van der Waals surface area contributed by atoms with Crippen molar-refractivity contribution < 1.29 is 13.9 Å². The number of fused-ring (bicyclic) bond motifs is 1. The van der Waals surface area contributed by atoms with Crippen LogP contribution in [0, 0.1) is 5.82 Å². The van der Waals surface area contributed by atoms with Gasteiger partial charge in [0.2, 0.25) is 5.91 Å². The lowest BCUT2D eigenvalue weighted by atomic mass is 10.0. The summed E-state index contributed by atoms with van der Waals surface area (Å²) in [5.74, 6) is 0.387. The molecule has 5 rings (SSSR count). The van der Waals surface area contributed by atoms with Gasteiger partial charge in [0, 0.05) is 24.8 Å². The monoisotopic (exact) mass is 434 g/mol. The number of carbonyl (C=O) groups excluding carboxylic acids is 1. The Hall–Kier alpha value is -3.52. The molecule has 32 heavy (non-hydrogen) atoms. The van der Waals surface area contributed by atoms with Crippen molar-refractivity contribution >= 4 is 17.4 Å². The van der Waals surface area contributed by atoms with Crippen LogP contribution in [-0.4, -0.2) is 42.2 Å². The minimum Gasteiger partial charge on any atom is -0.378 e. The molecular weight excluding hydrogens is 411 g/mol. The Morgan fingerprint density at radius 2 is 1.88 bits per heavy atom. The largest absolute Gasteiger partial charge is 0.378 e. The van der Waals surface area contributed by atoms with Gasteiger partial charge in [-0.1, -0.05) is 30.3 Å². The predicted octanol–water partition coefficient (Wildman–Crippen LogP) is 2.62. The third-order valence-corrected chi connectivity index (χ3v) is 5.93. The molecule has 1 atom stereocenters. The summed E-state index contributed by atoms with van der Waals surface area (Å²) >= 11 is 0. The van der Waals surface area contributed by atoms with Crippen LogP contribution in [0.5, 0.6) is 0 Å². The Kier molecular flexibility index (Phi) is 5.45. The summed E-state index contributed by atoms with van der Waals surface area (Å²) in [6.07, 6.45) is 0.602. The number of aromatic nitrogens is 2. The topological polar surface area (TPSA) is 78.5 Å². The second kappa shape index (κ2) is 8.55. The maximum Gasteiger partial charge on any atom is 0.252 e. The van der Waals surface area contributed by atoms with Crippen molar-refractivity contribution in [3.8, 4) is 0 Å². The van der Waals surface area contributed by atoms with Gasteiger partial charge in [-0.2, -0.15) is 0 Å². The third-order valence-electron chi connectivity index (χ3n) is 5.93.